The lowest BCUT2D eigenvalue weighted by atomic mass is 10.3. The van der Waals surface area contributed by atoms with Gasteiger partial charge in [0.25, 0.3) is 0 Å². The van der Waals surface area contributed by atoms with Gasteiger partial charge in [0.15, 0.2) is 29.0 Å². The average Bonchev–Trinajstić information content (AvgIpc) is 3.21. The van der Waals surface area contributed by atoms with Gasteiger partial charge in [-0.2, -0.15) is 5.10 Å². The molecule has 0 radical (unpaired) electrons. The van der Waals surface area contributed by atoms with Gasteiger partial charge in [-0.15, -0.1) is 5.10 Å². The fourth-order valence-electron chi connectivity index (χ4n) is 2.38. The molecule has 4 aromatic rings. The van der Waals surface area contributed by atoms with Crippen LogP contribution >= 0.6 is 0 Å². The maximum absolute atomic E-state index is 11.1. The van der Waals surface area contributed by atoms with Crippen LogP contribution in [0.3, 0.4) is 0 Å². The van der Waals surface area contributed by atoms with E-state index in [1.807, 2.05) is 0 Å². The minimum atomic E-state index is -0.576. The SMILES string of the molecule is CC(Oc1ccccc1[N+](=O)[O-])c1nc2c3cn[nH]c3ncn2n1. The first-order valence-electron chi connectivity index (χ1n) is 7.08. The summed E-state index contributed by atoms with van der Waals surface area (Å²) in [7, 11) is 0. The second-order valence-electron chi connectivity index (χ2n) is 5.10. The lowest BCUT2D eigenvalue weighted by Gasteiger charge is -2.11. The lowest BCUT2D eigenvalue weighted by molar-refractivity contribution is -0.386. The Hall–Kier alpha value is -3.56. The molecule has 1 unspecified atom stereocenters. The normalized spacial score (nSPS) is 12.5. The van der Waals surface area contributed by atoms with E-state index < -0.39 is 11.0 Å². The van der Waals surface area contributed by atoms with Gasteiger partial charge in [0.1, 0.15) is 6.33 Å². The number of aromatic amines is 1. The first kappa shape index (κ1) is 14.1. The molecular formula is C14H11N7O3. The zero-order chi connectivity index (χ0) is 16.7. The predicted molar refractivity (Wildman–Crippen MR) is 82.6 cm³/mol. The van der Waals surface area contributed by atoms with Crippen LogP contribution in [-0.4, -0.2) is 34.7 Å². The van der Waals surface area contributed by atoms with Crippen LogP contribution in [0.2, 0.25) is 0 Å². The molecule has 120 valence electrons. The van der Waals surface area contributed by atoms with Gasteiger partial charge in [0, 0.05) is 6.07 Å². The highest BCUT2D eigenvalue weighted by atomic mass is 16.6. The second-order valence-corrected chi connectivity index (χ2v) is 5.10. The molecule has 0 saturated heterocycles. The Morgan fingerprint density at radius 2 is 2.21 bits per heavy atom. The number of aromatic nitrogens is 6. The van der Waals surface area contributed by atoms with Crippen molar-refractivity contribution < 1.29 is 9.66 Å². The molecule has 3 aromatic heterocycles. The van der Waals surface area contributed by atoms with Crippen molar-refractivity contribution in [2.75, 3.05) is 0 Å². The molecule has 0 aliphatic carbocycles. The van der Waals surface area contributed by atoms with Gasteiger partial charge < -0.3 is 4.74 Å². The van der Waals surface area contributed by atoms with Crippen molar-refractivity contribution in [1.82, 2.24) is 29.8 Å². The number of nitrogens with one attached hydrogen (secondary N) is 1. The summed E-state index contributed by atoms with van der Waals surface area (Å²) in [6, 6.07) is 6.18. The van der Waals surface area contributed by atoms with E-state index in [2.05, 4.69) is 25.3 Å². The number of hydrogen-bond donors (Lipinski definition) is 1. The van der Waals surface area contributed by atoms with E-state index in [1.54, 1.807) is 31.3 Å². The molecule has 1 atom stereocenters. The molecule has 0 spiro atoms. The minimum absolute atomic E-state index is 0.105. The van der Waals surface area contributed by atoms with Crippen LogP contribution in [0, 0.1) is 10.1 Å². The second kappa shape index (κ2) is 5.26. The van der Waals surface area contributed by atoms with Crippen LogP contribution in [-0.2, 0) is 0 Å². The van der Waals surface area contributed by atoms with Crippen LogP contribution in [0.15, 0.2) is 36.8 Å². The third kappa shape index (κ3) is 2.20. The molecule has 0 fully saturated rings. The van der Waals surface area contributed by atoms with Gasteiger partial charge in [-0.3, -0.25) is 15.2 Å². The number of para-hydroxylation sites is 2. The first-order valence-corrected chi connectivity index (χ1v) is 7.08. The van der Waals surface area contributed by atoms with Crippen molar-refractivity contribution in [2.24, 2.45) is 0 Å². The summed E-state index contributed by atoms with van der Waals surface area (Å²) in [6.07, 6.45) is 2.56. The summed E-state index contributed by atoms with van der Waals surface area (Å²) in [6.45, 7) is 1.73. The number of rotatable bonds is 4. The van der Waals surface area contributed by atoms with Gasteiger partial charge in [-0.05, 0) is 13.0 Å². The zero-order valence-electron chi connectivity index (χ0n) is 12.4. The molecule has 3 heterocycles. The molecule has 0 aliphatic heterocycles. The monoisotopic (exact) mass is 325 g/mol. The first-order chi connectivity index (χ1) is 11.6. The summed E-state index contributed by atoms with van der Waals surface area (Å²) in [4.78, 5) is 19.2. The number of hydrogen-bond acceptors (Lipinski definition) is 7. The van der Waals surface area contributed by atoms with Gasteiger partial charge in [0.05, 0.1) is 16.5 Å². The molecule has 0 bridgehead atoms. The third-order valence-electron chi connectivity index (χ3n) is 3.53. The molecular weight excluding hydrogens is 314 g/mol. The molecule has 4 rings (SSSR count). The number of benzene rings is 1. The van der Waals surface area contributed by atoms with E-state index in [4.69, 9.17) is 4.74 Å². The Labute approximate surface area is 134 Å². The highest BCUT2D eigenvalue weighted by Crippen LogP contribution is 2.30. The molecule has 0 aliphatic rings. The molecule has 0 saturated carbocycles. The maximum atomic E-state index is 11.1. The van der Waals surface area contributed by atoms with Crippen molar-refractivity contribution in [3.05, 3.63) is 52.7 Å². The van der Waals surface area contributed by atoms with Crippen LogP contribution in [0.5, 0.6) is 5.75 Å². The van der Waals surface area contributed by atoms with Crippen LogP contribution in [0.4, 0.5) is 5.69 Å². The van der Waals surface area contributed by atoms with Crippen molar-refractivity contribution in [3.8, 4) is 5.75 Å². The Bertz CT molecular complexity index is 1050. The zero-order valence-corrected chi connectivity index (χ0v) is 12.4. The van der Waals surface area contributed by atoms with E-state index in [0.29, 0.717) is 17.1 Å². The number of nitrogens with zero attached hydrogens (tertiary/aromatic N) is 6. The van der Waals surface area contributed by atoms with E-state index in [0.717, 1.165) is 5.39 Å². The standard InChI is InChI=1S/C14H11N7O3/c1-8(24-11-5-3-2-4-10(11)21(22)23)12-17-14-9-6-16-18-13(9)15-7-20(14)19-12/h2-8H,1H3,(H,16,18). The van der Waals surface area contributed by atoms with Crippen LogP contribution < -0.4 is 4.74 Å². The fourth-order valence-corrected chi connectivity index (χ4v) is 2.38. The summed E-state index contributed by atoms with van der Waals surface area (Å²) in [5, 5.41) is 22.8. The van der Waals surface area contributed by atoms with Crippen molar-refractivity contribution in [2.45, 2.75) is 13.0 Å². The lowest BCUT2D eigenvalue weighted by Crippen LogP contribution is -2.07. The van der Waals surface area contributed by atoms with Crippen molar-refractivity contribution in [3.63, 3.8) is 0 Å². The predicted octanol–water partition coefficient (Wildman–Crippen LogP) is 2.05. The Kier molecular flexibility index (Phi) is 3.08. The van der Waals surface area contributed by atoms with E-state index in [9.17, 15) is 10.1 Å². The molecule has 24 heavy (non-hydrogen) atoms. The van der Waals surface area contributed by atoms with E-state index >= 15 is 0 Å². The van der Waals surface area contributed by atoms with Crippen molar-refractivity contribution >= 4 is 22.4 Å². The average molecular weight is 325 g/mol. The van der Waals surface area contributed by atoms with Gasteiger partial charge >= 0.3 is 5.69 Å². The summed E-state index contributed by atoms with van der Waals surface area (Å²) < 4.78 is 7.21. The van der Waals surface area contributed by atoms with Gasteiger partial charge in [-0.1, -0.05) is 12.1 Å². The quantitative estimate of drug-likeness (QED) is 0.449. The maximum Gasteiger partial charge on any atom is 0.310 e. The highest BCUT2D eigenvalue weighted by molar-refractivity contribution is 5.87. The largest absolute Gasteiger partial charge is 0.476 e. The molecule has 1 N–H and O–H groups in total. The fraction of sp³-hybridized carbons (Fsp3) is 0.143. The summed E-state index contributed by atoms with van der Waals surface area (Å²) in [5.41, 5.74) is 1.09. The minimum Gasteiger partial charge on any atom is -0.476 e. The Morgan fingerprint density at radius 3 is 3.04 bits per heavy atom. The van der Waals surface area contributed by atoms with E-state index in [1.165, 1.54) is 16.9 Å². The van der Waals surface area contributed by atoms with Crippen LogP contribution in [0.1, 0.15) is 18.9 Å². The number of fused-ring (bicyclic) bond motifs is 3. The number of nitro benzene ring substituents is 1. The molecule has 10 nitrogen and oxygen atoms in total. The molecule has 0 amide bonds. The number of ether oxygens (including phenoxy) is 1. The number of nitro groups is 1. The molecule has 1 aromatic carbocycles. The van der Waals surface area contributed by atoms with Crippen LogP contribution in [0.25, 0.3) is 16.7 Å². The topological polar surface area (TPSA) is 124 Å². The van der Waals surface area contributed by atoms with E-state index in [-0.39, 0.29) is 11.4 Å². The van der Waals surface area contributed by atoms with Crippen molar-refractivity contribution in [1.29, 1.82) is 0 Å². The molecule has 10 heteroatoms. The smallest absolute Gasteiger partial charge is 0.310 e. The van der Waals surface area contributed by atoms with Gasteiger partial charge in [-0.25, -0.2) is 14.5 Å². The summed E-state index contributed by atoms with van der Waals surface area (Å²) >= 11 is 0. The number of H-pyrrole nitrogens is 1. The Balaban J connectivity index is 1.71. The van der Waals surface area contributed by atoms with Gasteiger partial charge in [0.2, 0.25) is 0 Å². The summed E-state index contributed by atoms with van der Waals surface area (Å²) in [5.74, 6) is 0.559. The Morgan fingerprint density at radius 1 is 1.38 bits per heavy atom. The third-order valence-corrected chi connectivity index (χ3v) is 3.53. The highest BCUT2D eigenvalue weighted by Gasteiger charge is 2.20.